The number of likely N-dealkylation sites (tertiary alicyclic amines) is 1. The number of aliphatic hydroxyl groups is 1. The molecule has 1 rings (SSSR count). The van der Waals surface area contributed by atoms with E-state index in [9.17, 15) is 39.0 Å². The standard InChI is InChI=1S/C16H24N4O10/c17-7(4-11(22)23)13(26)19-9(6-21)14(27)18-8(5-12(24)25)15(28)20-3-1-2-10(20)16(29)30/h7-10,21H,1-6,17H2,(H,18,27)(H,19,26)(H,22,23)(H,24,25)(H,29,30). The lowest BCUT2D eigenvalue weighted by Gasteiger charge is -2.27. The molecule has 30 heavy (non-hydrogen) atoms. The van der Waals surface area contributed by atoms with Crippen molar-refractivity contribution < 1.29 is 49.2 Å². The van der Waals surface area contributed by atoms with Crippen molar-refractivity contribution in [3.8, 4) is 0 Å². The summed E-state index contributed by atoms with van der Waals surface area (Å²) < 4.78 is 0. The number of carboxylic acid groups (broad SMARTS) is 3. The Kier molecular flexibility index (Phi) is 9.14. The van der Waals surface area contributed by atoms with E-state index in [2.05, 4.69) is 5.32 Å². The molecule has 0 radical (unpaired) electrons. The number of aliphatic carboxylic acids is 3. The highest BCUT2D eigenvalue weighted by Gasteiger charge is 2.39. The SMILES string of the molecule is NC(CC(=O)O)C(=O)NC(CO)C(=O)NC(CC(=O)O)C(=O)N1CCCC1C(=O)O. The fraction of sp³-hybridized carbons (Fsp3) is 0.625. The van der Waals surface area contributed by atoms with Crippen LogP contribution in [0.3, 0.4) is 0 Å². The maximum atomic E-state index is 12.6. The summed E-state index contributed by atoms with van der Waals surface area (Å²) in [4.78, 5) is 70.8. The third-order valence-corrected chi connectivity index (χ3v) is 4.36. The summed E-state index contributed by atoms with van der Waals surface area (Å²) in [5.41, 5.74) is 5.36. The average molecular weight is 432 g/mol. The summed E-state index contributed by atoms with van der Waals surface area (Å²) >= 11 is 0. The number of nitrogens with zero attached hydrogens (tertiary/aromatic N) is 1. The van der Waals surface area contributed by atoms with E-state index >= 15 is 0 Å². The van der Waals surface area contributed by atoms with E-state index in [-0.39, 0.29) is 13.0 Å². The summed E-state index contributed by atoms with van der Waals surface area (Å²) in [5.74, 6) is -7.20. The number of carbonyl (C=O) groups is 6. The highest BCUT2D eigenvalue weighted by Crippen LogP contribution is 2.19. The number of hydrogen-bond acceptors (Lipinski definition) is 8. The lowest BCUT2D eigenvalue weighted by atomic mass is 10.1. The molecule has 0 bridgehead atoms. The zero-order valence-electron chi connectivity index (χ0n) is 15.8. The molecule has 3 amide bonds. The Hall–Kier alpha value is -3.26. The maximum absolute atomic E-state index is 12.6. The molecule has 1 aliphatic rings. The van der Waals surface area contributed by atoms with Gasteiger partial charge in [0.05, 0.1) is 25.5 Å². The van der Waals surface area contributed by atoms with Crippen molar-refractivity contribution in [3.05, 3.63) is 0 Å². The van der Waals surface area contributed by atoms with Crippen LogP contribution < -0.4 is 16.4 Å². The van der Waals surface area contributed by atoms with Crippen molar-refractivity contribution in [2.24, 2.45) is 5.73 Å². The van der Waals surface area contributed by atoms with Gasteiger partial charge in [-0.25, -0.2) is 4.79 Å². The highest BCUT2D eigenvalue weighted by atomic mass is 16.4. The third kappa shape index (κ3) is 6.97. The van der Waals surface area contributed by atoms with Gasteiger partial charge in [0.15, 0.2) is 0 Å². The Morgan fingerprint density at radius 3 is 2.00 bits per heavy atom. The minimum absolute atomic E-state index is 0.0615. The summed E-state index contributed by atoms with van der Waals surface area (Å²) in [6.07, 6.45) is -1.05. The van der Waals surface area contributed by atoms with Crippen LogP contribution in [0.25, 0.3) is 0 Å². The van der Waals surface area contributed by atoms with E-state index in [4.69, 9.17) is 15.9 Å². The number of amides is 3. The van der Waals surface area contributed by atoms with Crippen molar-refractivity contribution in [2.45, 2.75) is 49.9 Å². The summed E-state index contributed by atoms with van der Waals surface area (Å²) in [6, 6.07) is -5.96. The molecular formula is C16H24N4O10. The van der Waals surface area contributed by atoms with E-state index in [1.165, 1.54) is 0 Å². The molecule has 1 aliphatic heterocycles. The summed E-state index contributed by atoms with van der Waals surface area (Å²) in [6.45, 7) is -0.890. The number of hydrogen-bond donors (Lipinski definition) is 7. The Balaban J connectivity index is 2.89. The molecule has 0 saturated carbocycles. The number of nitrogens with one attached hydrogen (secondary N) is 2. The minimum Gasteiger partial charge on any atom is -0.481 e. The molecule has 168 valence electrons. The van der Waals surface area contributed by atoms with Crippen LogP contribution >= 0.6 is 0 Å². The molecule has 0 aromatic rings. The first kappa shape index (κ1) is 24.8. The van der Waals surface area contributed by atoms with E-state index in [1.54, 1.807) is 0 Å². The second-order valence-corrected chi connectivity index (χ2v) is 6.64. The molecular weight excluding hydrogens is 408 g/mol. The Bertz CT molecular complexity index is 712. The lowest BCUT2D eigenvalue weighted by Crippen LogP contribution is -2.58. The van der Waals surface area contributed by atoms with Crippen molar-refractivity contribution in [1.29, 1.82) is 0 Å². The zero-order chi connectivity index (χ0) is 23.0. The van der Waals surface area contributed by atoms with Crippen LogP contribution in [0.15, 0.2) is 0 Å². The van der Waals surface area contributed by atoms with Crippen LogP contribution in [-0.4, -0.2) is 98.3 Å². The molecule has 0 aromatic carbocycles. The molecule has 0 aliphatic carbocycles. The predicted molar refractivity (Wildman–Crippen MR) is 95.8 cm³/mol. The number of carboxylic acids is 3. The van der Waals surface area contributed by atoms with E-state index < -0.39 is 79.2 Å². The van der Waals surface area contributed by atoms with Gasteiger partial charge in [-0.05, 0) is 12.8 Å². The number of aliphatic hydroxyl groups excluding tert-OH is 1. The zero-order valence-corrected chi connectivity index (χ0v) is 15.8. The first-order valence-corrected chi connectivity index (χ1v) is 8.92. The Morgan fingerprint density at radius 1 is 0.933 bits per heavy atom. The van der Waals surface area contributed by atoms with Gasteiger partial charge in [0.1, 0.15) is 18.1 Å². The van der Waals surface area contributed by atoms with Gasteiger partial charge < -0.3 is 41.7 Å². The van der Waals surface area contributed by atoms with Gasteiger partial charge in [0.2, 0.25) is 17.7 Å². The topological polar surface area (TPSA) is 237 Å². The normalized spacial score (nSPS) is 18.7. The fourth-order valence-electron chi connectivity index (χ4n) is 2.89. The Morgan fingerprint density at radius 2 is 1.50 bits per heavy atom. The van der Waals surface area contributed by atoms with Crippen molar-refractivity contribution in [2.75, 3.05) is 13.2 Å². The van der Waals surface area contributed by atoms with Gasteiger partial charge in [-0.15, -0.1) is 0 Å². The first-order chi connectivity index (χ1) is 14.0. The van der Waals surface area contributed by atoms with Gasteiger partial charge in [-0.3, -0.25) is 24.0 Å². The third-order valence-electron chi connectivity index (χ3n) is 4.36. The van der Waals surface area contributed by atoms with E-state index in [0.29, 0.717) is 6.42 Å². The molecule has 8 N–H and O–H groups in total. The largest absolute Gasteiger partial charge is 0.481 e. The maximum Gasteiger partial charge on any atom is 0.326 e. The van der Waals surface area contributed by atoms with Crippen LogP contribution in [0, 0.1) is 0 Å². The highest BCUT2D eigenvalue weighted by molar-refractivity contribution is 5.96. The van der Waals surface area contributed by atoms with Crippen molar-refractivity contribution >= 4 is 35.6 Å². The van der Waals surface area contributed by atoms with Gasteiger partial charge in [0, 0.05) is 6.54 Å². The second-order valence-electron chi connectivity index (χ2n) is 6.64. The average Bonchev–Trinajstić information content (AvgIpc) is 3.13. The molecule has 4 atom stereocenters. The van der Waals surface area contributed by atoms with Crippen LogP contribution in [0.1, 0.15) is 25.7 Å². The molecule has 1 saturated heterocycles. The fourth-order valence-corrected chi connectivity index (χ4v) is 2.89. The smallest absolute Gasteiger partial charge is 0.326 e. The molecule has 14 heteroatoms. The summed E-state index contributed by atoms with van der Waals surface area (Å²) in [5, 5.41) is 40.3. The van der Waals surface area contributed by atoms with E-state index in [0.717, 1.165) is 4.90 Å². The van der Waals surface area contributed by atoms with Crippen molar-refractivity contribution in [1.82, 2.24) is 15.5 Å². The van der Waals surface area contributed by atoms with Crippen molar-refractivity contribution in [3.63, 3.8) is 0 Å². The predicted octanol–water partition coefficient (Wildman–Crippen LogP) is -3.70. The summed E-state index contributed by atoms with van der Waals surface area (Å²) in [7, 11) is 0. The van der Waals surface area contributed by atoms with Crippen LogP contribution in [0.2, 0.25) is 0 Å². The molecule has 4 unspecified atom stereocenters. The molecule has 0 spiro atoms. The first-order valence-electron chi connectivity index (χ1n) is 8.92. The molecule has 14 nitrogen and oxygen atoms in total. The molecule has 1 fully saturated rings. The molecule has 1 heterocycles. The monoisotopic (exact) mass is 432 g/mol. The number of rotatable bonds is 11. The number of nitrogens with two attached hydrogens (primary N) is 1. The van der Waals surface area contributed by atoms with Gasteiger partial charge in [0.25, 0.3) is 0 Å². The lowest BCUT2D eigenvalue weighted by molar-refractivity contribution is -0.150. The van der Waals surface area contributed by atoms with Crippen LogP contribution in [0.4, 0.5) is 0 Å². The van der Waals surface area contributed by atoms with Gasteiger partial charge in [-0.2, -0.15) is 0 Å². The van der Waals surface area contributed by atoms with Gasteiger partial charge in [-0.1, -0.05) is 0 Å². The molecule has 0 aromatic heterocycles. The minimum atomic E-state index is -1.64. The second kappa shape index (κ2) is 11.1. The quantitative estimate of drug-likeness (QED) is 0.168. The van der Waals surface area contributed by atoms with Gasteiger partial charge >= 0.3 is 17.9 Å². The number of carbonyl (C=O) groups excluding carboxylic acids is 3. The van der Waals surface area contributed by atoms with Crippen LogP contribution in [0.5, 0.6) is 0 Å². The van der Waals surface area contributed by atoms with Crippen LogP contribution in [-0.2, 0) is 28.8 Å². The van der Waals surface area contributed by atoms with E-state index in [1.807, 2.05) is 5.32 Å². The Labute approximate surface area is 170 Å².